The lowest BCUT2D eigenvalue weighted by molar-refractivity contribution is -0.123. The van der Waals surface area contributed by atoms with Crippen LogP contribution >= 0.6 is 11.6 Å². The zero-order chi connectivity index (χ0) is 18.1. The van der Waals surface area contributed by atoms with Gasteiger partial charge in [0.15, 0.2) is 5.82 Å². The number of rotatable bonds is 4. The number of nitrogens with one attached hydrogen (secondary N) is 2. The largest absolute Gasteiger partial charge is 0.326 e. The van der Waals surface area contributed by atoms with E-state index in [4.69, 9.17) is 11.6 Å². The van der Waals surface area contributed by atoms with E-state index < -0.39 is 6.04 Å². The van der Waals surface area contributed by atoms with Gasteiger partial charge in [0.25, 0.3) is 5.91 Å². The van der Waals surface area contributed by atoms with Gasteiger partial charge < -0.3 is 5.32 Å². The predicted octanol–water partition coefficient (Wildman–Crippen LogP) is 3.12. The average Bonchev–Trinajstić information content (AvgIpc) is 3.17. The molecule has 2 N–H and O–H groups in total. The van der Waals surface area contributed by atoms with Crippen molar-refractivity contribution in [1.29, 1.82) is 0 Å². The van der Waals surface area contributed by atoms with Gasteiger partial charge in [-0.05, 0) is 24.3 Å². The van der Waals surface area contributed by atoms with Crippen LogP contribution < -0.4 is 10.6 Å². The minimum Gasteiger partial charge on any atom is -0.326 e. The van der Waals surface area contributed by atoms with Crippen LogP contribution in [-0.2, 0) is 9.59 Å². The standard InChI is InChI=1S/C18H14ClN5O2/c19-12-6-8-13(9-7-12)20-15(25)10-14-17(26)22-18-21-16(23-24(14)18)11-4-2-1-3-5-11/h1-9,14H,10H2,(H,20,25)(H,21,22,23,26). The van der Waals surface area contributed by atoms with Crippen LogP contribution in [0.2, 0.25) is 5.02 Å². The first-order valence-corrected chi connectivity index (χ1v) is 8.36. The summed E-state index contributed by atoms with van der Waals surface area (Å²) < 4.78 is 1.46. The molecule has 7 nitrogen and oxygen atoms in total. The summed E-state index contributed by atoms with van der Waals surface area (Å²) in [5.74, 6) is 0.254. The number of benzene rings is 2. The van der Waals surface area contributed by atoms with Gasteiger partial charge in [0, 0.05) is 16.3 Å². The van der Waals surface area contributed by atoms with Crippen LogP contribution in [0.4, 0.5) is 11.6 Å². The van der Waals surface area contributed by atoms with Gasteiger partial charge in [0.2, 0.25) is 11.9 Å². The normalized spacial score (nSPS) is 15.4. The number of hydrogen-bond acceptors (Lipinski definition) is 4. The molecular formula is C18H14ClN5O2. The molecular weight excluding hydrogens is 354 g/mol. The number of carbonyl (C=O) groups excluding carboxylic acids is 2. The van der Waals surface area contributed by atoms with Crippen molar-refractivity contribution in [1.82, 2.24) is 14.8 Å². The summed E-state index contributed by atoms with van der Waals surface area (Å²) >= 11 is 5.83. The van der Waals surface area contributed by atoms with Crippen LogP contribution in [0.25, 0.3) is 11.4 Å². The molecule has 2 amide bonds. The van der Waals surface area contributed by atoms with E-state index in [0.29, 0.717) is 22.5 Å². The van der Waals surface area contributed by atoms with Crippen molar-refractivity contribution in [3.8, 4) is 11.4 Å². The molecule has 1 unspecified atom stereocenters. The minimum atomic E-state index is -0.734. The van der Waals surface area contributed by atoms with E-state index in [9.17, 15) is 9.59 Å². The Morgan fingerprint density at radius 3 is 2.62 bits per heavy atom. The van der Waals surface area contributed by atoms with E-state index in [-0.39, 0.29) is 18.2 Å². The second-order valence-electron chi connectivity index (χ2n) is 5.83. The number of anilines is 2. The molecule has 0 fully saturated rings. The molecule has 130 valence electrons. The van der Waals surface area contributed by atoms with Gasteiger partial charge in [-0.2, -0.15) is 4.98 Å². The number of aromatic nitrogens is 3. The Bertz CT molecular complexity index is 969. The van der Waals surface area contributed by atoms with E-state index in [2.05, 4.69) is 20.7 Å². The molecule has 26 heavy (non-hydrogen) atoms. The molecule has 0 saturated carbocycles. The molecule has 2 aromatic carbocycles. The molecule has 1 aromatic heterocycles. The Morgan fingerprint density at radius 1 is 1.15 bits per heavy atom. The first-order chi connectivity index (χ1) is 12.6. The lowest BCUT2D eigenvalue weighted by atomic mass is 10.2. The molecule has 0 spiro atoms. The number of halogens is 1. The zero-order valence-corrected chi connectivity index (χ0v) is 14.3. The van der Waals surface area contributed by atoms with Crippen molar-refractivity contribution in [2.24, 2.45) is 0 Å². The lowest BCUT2D eigenvalue weighted by Crippen LogP contribution is -2.23. The van der Waals surface area contributed by atoms with Gasteiger partial charge in [0.05, 0.1) is 6.42 Å². The smallest absolute Gasteiger partial charge is 0.252 e. The van der Waals surface area contributed by atoms with Crippen LogP contribution in [0.15, 0.2) is 54.6 Å². The SMILES string of the molecule is O=C(CC1C(=O)Nc2nc(-c3ccccc3)nn21)Nc1ccc(Cl)cc1. The van der Waals surface area contributed by atoms with Gasteiger partial charge >= 0.3 is 0 Å². The predicted molar refractivity (Wildman–Crippen MR) is 97.8 cm³/mol. The summed E-state index contributed by atoms with van der Waals surface area (Å²) in [5, 5.41) is 10.4. The van der Waals surface area contributed by atoms with Gasteiger partial charge in [-0.1, -0.05) is 41.9 Å². The van der Waals surface area contributed by atoms with Crippen LogP contribution in [0, 0.1) is 0 Å². The van der Waals surface area contributed by atoms with E-state index in [1.807, 2.05) is 30.3 Å². The summed E-state index contributed by atoms with van der Waals surface area (Å²) in [6, 6.07) is 15.5. The topological polar surface area (TPSA) is 88.9 Å². The van der Waals surface area contributed by atoms with Crippen molar-refractivity contribution in [3.05, 3.63) is 59.6 Å². The molecule has 0 saturated heterocycles. The molecule has 0 aliphatic carbocycles. The number of hydrogen-bond donors (Lipinski definition) is 2. The highest BCUT2D eigenvalue weighted by Crippen LogP contribution is 2.28. The summed E-state index contributed by atoms with van der Waals surface area (Å²) in [6.45, 7) is 0. The van der Waals surface area contributed by atoms with Crippen LogP contribution in [0.3, 0.4) is 0 Å². The monoisotopic (exact) mass is 367 g/mol. The van der Waals surface area contributed by atoms with Gasteiger partial charge in [-0.15, -0.1) is 5.10 Å². The van der Waals surface area contributed by atoms with Crippen LogP contribution in [-0.4, -0.2) is 26.6 Å². The Kier molecular flexibility index (Phi) is 4.14. The average molecular weight is 368 g/mol. The van der Waals surface area contributed by atoms with Crippen molar-refractivity contribution < 1.29 is 9.59 Å². The van der Waals surface area contributed by atoms with Crippen molar-refractivity contribution in [2.45, 2.75) is 12.5 Å². The molecule has 1 aliphatic rings. The van der Waals surface area contributed by atoms with Gasteiger partial charge in [-0.3, -0.25) is 14.9 Å². The zero-order valence-electron chi connectivity index (χ0n) is 13.5. The molecule has 1 aliphatic heterocycles. The molecule has 1 atom stereocenters. The second kappa shape index (κ2) is 6.61. The number of carbonyl (C=O) groups is 2. The Hall–Kier alpha value is -3.19. The fourth-order valence-corrected chi connectivity index (χ4v) is 2.87. The van der Waals surface area contributed by atoms with Crippen molar-refractivity contribution >= 4 is 35.1 Å². The molecule has 4 rings (SSSR count). The third kappa shape index (κ3) is 3.16. The molecule has 8 heteroatoms. The van der Waals surface area contributed by atoms with E-state index in [1.54, 1.807) is 24.3 Å². The fraction of sp³-hybridized carbons (Fsp3) is 0.111. The Morgan fingerprint density at radius 2 is 1.88 bits per heavy atom. The fourth-order valence-electron chi connectivity index (χ4n) is 2.74. The first-order valence-electron chi connectivity index (χ1n) is 7.98. The molecule has 0 radical (unpaired) electrons. The second-order valence-corrected chi connectivity index (χ2v) is 6.27. The van der Waals surface area contributed by atoms with Crippen molar-refractivity contribution in [2.75, 3.05) is 10.6 Å². The summed E-state index contributed by atoms with van der Waals surface area (Å²) in [6.07, 6.45) is -0.0426. The lowest BCUT2D eigenvalue weighted by Gasteiger charge is -2.10. The van der Waals surface area contributed by atoms with E-state index in [1.165, 1.54) is 4.68 Å². The highest BCUT2D eigenvalue weighted by Gasteiger charge is 2.35. The van der Waals surface area contributed by atoms with E-state index in [0.717, 1.165) is 5.56 Å². The first kappa shape index (κ1) is 16.3. The quantitative estimate of drug-likeness (QED) is 0.741. The number of fused-ring (bicyclic) bond motifs is 1. The highest BCUT2D eigenvalue weighted by molar-refractivity contribution is 6.30. The maximum Gasteiger partial charge on any atom is 0.252 e. The molecule has 0 bridgehead atoms. The third-order valence-corrected chi connectivity index (χ3v) is 4.25. The number of amides is 2. The summed E-state index contributed by atoms with van der Waals surface area (Å²) in [7, 11) is 0. The van der Waals surface area contributed by atoms with Crippen molar-refractivity contribution in [3.63, 3.8) is 0 Å². The summed E-state index contributed by atoms with van der Waals surface area (Å²) in [5.41, 5.74) is 1.45. The third-order valence-electron chi connectivity index (χ3n) is 4.00. The van der Waals surface area contributed by atoms with Crippen LogP contribution in [0.5, 0.6) is 0 Å². The minimum absolute atomic E-state index is 0.0426. The number of nitrogens with zero attached hydrogens (tertiary/aromatic N) is 3. The Labute approximate surface area is 154 Å². The van der Waals surface area contributed by atoms with Gasteiger partial charge in [0.1, 0.15) is 6.04 Å². The highest BCUT2D eigenvalue weighted by atomic mass is 35.5. The maximum atomic E-state index is 12.3. The van der Waals surface area contributed by atoms with Gasteiger partial charge in [-0.25, -0.2) is 4.68 Å². The van der Waals surface area contributed by atoms with E-state index >= 15 is 0 Å². The molecule has 2 heterocycles. The maximum absolute atomic E-state index is 12.3. The van der Waals surface area contributed by atoms with Crippen LogP contribution in [0.1, 0.15) is 12.5 Å². The molecule has 3 aromatic rings. The summed E-state index contributed by atoms with van der Waals surface area (Å²) in [4.78, 5) is 28.8. The Balaban J connectivity index is 1.51.